The Bertz CT molecular complexity index is 1070. The number of hydrogen-bond donors (Lipinski definition) is 3. The summed E-state index contributed by atoms with van der Waals surface area (Å²) in [5.41, 5.74) is 1.77. The molecule has 0 saturated carbocycles. The molecular weight excluding hydrogens is 373 g/mol. The molecule has 140 valence electrons. The minimum Gasteiger partial charge on any atom is -0.453 e. The van der Waals surface area contributed by atoms with E-state index in [2.05, 4.69) is 20.4 Å². The quantitative estimate of drug-likeness (QED) is 0.605. The van der Waals surface area contributed by atoms with Crippen LogP contribution >= 0.6 is 11.6 Å². The van der Waals surface area contributed by atoms with Crippen LogP contribution in [0.3, 0.4) is 0 Å². The van der Waals surface area contributed by atoms with Crippen LogP contribution in [0, 0.1) is 5.82 Å². The molecular formula is C19H17ClFN3O3. The summed E-state index contributed by atoms with van der Waals surface area (Å²) < 4.78 is 18.1. The monoisotopic (exact) mass is 389 g/mol. The van der Waals surface area contributed by atoms with E-state index >= 15 is 0 Å². The predicted molar refractivity (Wildman–Crippen MR) is 104 cm³/mol. The summed E-state index contributed by atoms with van der Waals surface area (Å²) in [6.45, 7) is 1.82. The fourth-order valence-electron chi connectivity index (χ4n) is 2.72. The molecule has 0 fully saturated rings. The number of aromatic nitrogens is 1. The van der Waals surface area contributed by atoms with Gasteiger partial charge in [-0.25, -0.2) is 9.18 Å². The molecule has 0 aliphatic heterocycles. The number of amides is 1. The maximum Gasteiger partial charge on any atom is 0.411 e. The van der Waals surface area contributed by atoms with Crippen LogP contribution in [0.2, 0.25) is 5.02 Å². The zero-order valence-electron chi connectivity index (χ0n) is 14.6. The number of fused-ring (bicyclic) bond motifs is 1. The highest BCUT2D eigenvalue weighted by atomic mass is 35.5. The number of hydrogen-bond acceptors (Lipinski definition) is 4. The summed E-state index contributed by atoms with van der Waals surface area (Å²) in [6.07, 6.45) is -0.574. The van der Waals surface area contributed by atoms with Crippen molar-refractivity contribution in [2.45, 2.75) is 13.0 Å². The number of carbonyl (C=O) groups excluding carboxylic acids is 1. The second-order valence-corrected chi connectivity index (χ2v) is 6.38. The van der Waals surface area contributed by atoms with Gasteiger partial charge in [0.15, 0.2) is 0 Å². The lowest BCUT2D eigenvalue weighted by Crippen LogP contribution is -2.19. The number of ether oxygens (including phenoxy) is 1. The van der Waals surface area contributed by atoms with Gasteiger partial charge in [0.25, 0.3) is 5.56 Å². The van der Waals surface area contributed by atoms with E-state index in [4.69, 9.17) is 11.6 Å². The van der Waals surface area contributed by atoms with E-state index in [9.17, 15) is 14.0 Å². The van der Waals surface area contributed by atoms with Crippen molar-refractivity contribution in [2.75, 3.05) is 17.7 Å². The summed E-state index contributed by atoms with van der Waals surface area (Å²) in [7, 11) is 1.28. The van der Waals surface area contributed by atoms with Gasteiger partial charge in [-0.3, -0.25) is 10.1 Å². The van der Waals surface area contributed by atoms with Crippen molar-refractivity contribution in [3.05, 3.63) is 69.2 Å². The molecule has 27 heavy (non-hydrogen) atoms. The molecule has 1 aromatic heterocycles. The third-order valence-corrected chi connectivity index (χ3v) is 4.35. The fraction of sp³-hybridized carbons (Fsp3) is 0.158. The molecule has 2 aromatic carbocycles. The van der Waals surface area contributed by atoms with E-state index in [1.807, 2.05) is 6.92 Å². The number of rotatable bonds is 4. The number of benzene rings is 2. The van der Waals surface area contributed by atoms with Crippen LogP contribution in [0.5, 0.6) is 0 Å². The van der Waals surface area contributed by atoms with Gasteiger partial charge in [0, 0.05) is 22.3 Å². The van der Waals surface area contributed by atoms with Crippen molar-refractivity contribution in [2.24, 2.45) is 0 Å². The first-order valence-electron chi connectivity index (χ1n) is 8.11. The smallest absolute Gasteiger partial charge is 0.411 e. The molecule has 8 heteroatoms. The molecule has 6 nitrogen and oxygen atoms in total. The van der Waals surface area contributed by atoms with E-state index in [0.717, 1.165) is 0 Å². The van der Waals surface area contributed by atoms with Crippen molar-refractivity contribution in [1.82, 2.24) is 4.98 Å². The van der Waals surface area contributed by atoms with E-state index in [1.54, 1.807) is 30.3 Å². The Kier molecular flexibility index (Phi) is 5.32. The van der Waals surface area contributed by atoms with Gasteiger partial charge >= 0.3 is 6.09 Å². The minimum absolute atomic E-state index is 0.0114. The highest BCUT2D eigenvalue weighted by molar-refractivity contribution is 6.31. The van der Waals surface area contributed by atoms with E-state index in [-0.39, 0.29) is 16.6 Å². The SMILES string of the molecule is COC(=O)Nc1cccc(N[C@@H](C)c2cc3cc(Cl)c(F)cc3[nH]c2=O)c1. The summed E-state index contributed by atoms with van der Waals surface area (Å²) in [6, 6.07) is 11.0. The van der Waals surface area contributed by atoms with Crippen molar-refractivity contribution in [1.29, 1.82) is 0 Å². The Morgan fingerprint density at radius 3 is 2.70 bits per heavy atom. The maximum absolute atomic E-state index is 13.6. The third-order valence-electron chi connectivity index (χ3n) is 4.06. The molecule has 0 unspecified atom stereocenters. The van der Waals surface area contributed by atoms with Gasteiger partial charge in [0.2, 0.25) is 0 Å². The highest BCUT2D eigenvalue weighted by Crippen LogP contribution is 2.25. The van der Waals surface area contributed by atoms with Gasteiger partial charge in [0.1, 0.15) is 5.82 Å². The van der Waals surface area contributed by atoms with E-state index < -0.39 is 11.9 Å². The average Bonchev–Trinajstić information content (AvgIpc) is 2.62. The molecule has 3 aromatic rings. The van der Waals surface area contributed by atoms with Gasteiger partial charge in [-0.05, 0) is 43.3 Å². The molecule has 0 spiro atoms. The normalized spacial score (nSPS) is 11.9. The zero-order valence-corrected chi connectivity index (χ0v) is 15.4. The Labute approximate surface area is 159 Å². The lowest BCUT2D eigenvalue weighted by Gasteiger charge is -2.16. The molecule has 1 atom stereocenters. The van der Waals surface area contributed by atoms with Crippen LogP contribution < -0.4 is 16.2 Å². The zero-order chi connectivity index (χ0) is 19.6. The molecule has 3 rings (SSSR count). The van der Waals surface area contributed by atoms with Crippen LogP contribution in [0.4, 0.5) is 20.6 Å². The molecule has 0 radical (unpaired) electrons. The van der Waals surface area contributed by atoms with Gasteiger partial charge < -0.3 is 15.0 Å². The highest BCUT2D eigenvalue weighted by Gasteiger charge is 2.13. The van der Waals surface area contributed by atoms with Gasteiger partial charge in [-0.2, -0.15) is 0 Å². The van der Waals surface area contributed by atoms with Crippen LogP contribution in [-0.2, 0) is 4.74 Å². The summed E-state index contributed by atoms with van der Waals surface area (Å²) in [4.78, 5) is 26.4. The van der Waals surface area contributed by atoms with E-state index in [1.165, 1.54) is 19.2 Å². The molecule has 0 saturated heterocycles. The lowest BCUT2D eigenvalue weighted by molar-refractivity contribution is 0.187. The number of methoxy groups -OCH3 is 1. The first-order valence-corrected chi connectivity index (χ1v) is 8.48. The number of H-pyrrole nitrogens is 1. The fourth-order valence-corrected chi connectivity index (χ4v) is 2.89. The predicted octanol–water partition coefficient (Wildman–Crippen LogP) is 4.67. The van der Waals surface area contributed by atoms with Crippen LogP contribution in [0.25, 0.3) is 10.9 Å². The van der Waals surface area contributed by atoms with Gasteiger partial charge in [-0.1, -0.05) is 17.7 Å². The summed E-state index contributed by atoms with van der Waals surface area (Å²) in [5.74, 6) is -0.589. The number of carbonyl (C=O) groups is 1. The standard InChI is InChI=1S/C19H17ClFN3O3/c1-10(22-12-4-3-5-13(8-12)23-19(26)27-2)14-6-11-7-15(20)16(21)9-17(11)24-18(14)25/h3-10,22H,1-2H3,(H,23,26)(H,24,25)/t10-/m0/s1. The largest absolute Gasteiger partial charge is 0.453 e. The Morgan fingerprint density at radius 1 is 1.22 bits per heavy atom. The minimum atomic E-state index is -0.589. The number of anilines is 2. The molecule has 0 aliphatic carbocycles. The maximum atomic E-state index is 13.6. The first-order chi connectivity index (χ1) is 12.9. The average molecular weight is 390 g/mol. The lowest BCUT2D eigenvalue weighted by atomic mass is 10.1. The number of pyridine rings is 1. The summed E-state index contributed by atoms with van der Waals surface area (Å²) >= 11 is 5.83. The summed E-state index contributed by atoms with van der Waals surface area (Å²) in [5, 5.41) is 6.39. The number of aromatic amines is 1. The molecule has 1 heterocycles. The molecule has 3 N–H and O–H groups in total. The Balaban J connectivity index is 1.88. The first kappa shape index (κ1) is 18.7. The Morgan fingerprint density at radius 2 is 1.96 bits per heavy atom. The topological polar surface area (TPSA) is 83.2 Å². The molecule has 0 bridgehead atoms. The molecule has 1 amide bonds. The third kappa shape index (κ3) is 4.20. The van der Waals surface area contributed by atoms with Crippen molar-refractivity contribution in [3.8, 4) is 0 Å². The second kappa shape index (κ2) is 7.67. The van der Waals surface area contributed by atoms with Crippen molar-refractivity contribution in [3.63, 3.8) is 0 Å². The van der Waals surface area contributed by atoms with Crippen LogP contribution in [0.1, 0.15) is 18.5 Å². The molecule has 0 aliphatic rings. The Hall–Kier alpha value is -3.06. The van der Waals surface area contributed by atoms with Gasteiger partial charge in [0.05, 0.1) is 23.7 Å². The van der Waals surface area contributed by atoms with Crippen molar-refractivity contribution >= 4 is 40.0 Å². The van der Waals surface area contributed by atoms with Gasteiger partial charge in [-0.15, -0.1) is 0 Å². The van der Waals surface area contributed by atoms with Crippen LogP contribution in [-0.4, -0.2) is 18.2 Å². The van der Waals surface area contributed by atoms with Crippen molar-refractivity contribution < 1.29 is 13.9 Å². The second-order valence-electron chi connectivity index (χ2n) is 5.97. The van der Waals surface area contributed by atoms with Crippen LogP contribution in [0.15, 0.2) is 47.3 Å². The number of nitrogens with one attached hydrogen (secondary N) is 3. The number of halogens is 2. The van der Waals surface area contributed by atoms with E-state index in [0.29, 0.717) is 27.8 Å².